The van der Waals surface area contributed by atoms with Crippen molar-refractivity contribution >= 4 is 7.85 Å². The van der Waals surface area contributed by atoms with Gasteiger partial charge >= 0.3 is 0 Å². The van der Waals surface area contributed by atoms with Crippen LogP contribution in [0.3, 0.4) is 0 Å². The van der Waals surface area contributed by atoms with E-state index in [4.69, 9.17) is 0 Å². The van der Waals surface area contributed by atoms with Gasteiger partial charge in [0.1, 0.15) is 7.85 Å². The second-order valence-corrected chi connectivity index (χ2v) is 8.99. The van der Waals surface area contributed by atoms with Gasteiger partial charge in [-0.1, -0.05) is 80.4 Å². The van der Waals surface area contributed by atoms with Crippen LogP contribution in [0.4, 0.5) is 0 Å². The van der Waals surface area contributed by atoms with E-state index in [0.29, 0.717) is 0 Å². The summed E-state index contributed by atoms with van der Waals surface area (Å²) in [6, 6.07) is 16.7. The summed E-state index contributed by atoms with van der Waals surface area (Å²) in [5, 5.41) is 0. The molecule has 26 heavy (non-hydrogen) atoms. The van der Waals surface area contributed by atoms with E-state index in [0.717, 1.165) is 17.7 Å². The third kappa shape index (κ3) is 3.92. The summed E-state index contributed by atoms with van der Waals surface area (Å²) in [7, 11) is 2.40. The quantitative estimate of drug-likeness (QED) is 0.538. The number of hydrogen-bond acceptors (Lipinski definition) is 0. The number of rotatable bonds is 3. The van der Waals surface area contributed by atoms with E-state index in [9.17, 15) is 0 Å². The van der Waals surface area contributed by atoms with Crippen molar-refractivity contribution in [2.24, 2.45) is 0 Å². The van der Waals surface area contributed by atoms with Crippen molar-refractivity contribution in [1.29, 1.82) is 0 Å². The number of benzene rings is 2. The molecule has 4 rings (SSSR count). The molecule has 2 saturated carbocycles. The first-order chi connectivity index (χ1) is 12.7. The fraction of sp³-hybridized carbons (Fsp3) is 0.520. The van der Waals surface area contributed by atoms with Crippen LogP contribution in [-0.4, -0.2) is 7.85 Å². The first-order valence-electron chi connectivity index (χ1n) is 10.9. The Morgan fingerprint density at radius 2 is 1.31 bits per heavy atom. The summed E-state index contributed by atoms with van der Waals surface area (Å²) in [4.78, 5) is 0. The summed E-state index contributed by atoms with van der Waals surface area (Å²) < 4.78 is 0. The summed E-state index contributed by atoms with van der Waals surface area (Å²) >= 11 is 0. The van der Waals surface area contributed by atoms with Crippen molar-refractivity contribution in [1.82, 2.24) is 0 Å². The average molecular weight is 344 g/mol. The predicted octanol–water partition coefficient (Wildman–Crippen LogP) is 6.79. The first kappa shape index (κ1) is 17.9. The van der Waals surface area contributed by atoms with Gasteiger partial charge in [0.15, 0.2) is 0 Å². The predicted molar refractivity (Wildman–Crippen MR) is 116 cm³/mol. The van der Waals surface area contributed by atoms with Crippen LogP contribution in [0.15, 0.2) is 42.5 Å². The molecule has 136 valence electrons. The van der Waals surface area contributed by atoms with Crippen molar-refractivity contribution < 1.29 is 0 Å². The molecule has 2 aromatic rings. The molecule has 0 radical (unpaired) electrons. The number of aryl methyl sites for hydroxylation is 1. The molecular formula is C25H33B. The van der Waals surface area contributed by atoms with Crippen molar-refractivity contribution in [2.75, 3.05) is 0 Å². The molecule has 0 amide bonds. The van der Waals surface area contributed by atoms with Crippen LogP contribution in [0.25, 0.3) is 11.1 Å². The molecule has 0 nitrogen and oxygen atoms in total. The normalized spacial score (nSPS) is 24.5. The lowest BCUT2D eigenvalue weighted by molar-refractivity contribution is 0.443. The van der Waals surface area contributed by atoms with E-state index in [2.05, 4.69) is 57.2 Å². The van der Waals surface area contributed by atoms with E-state index in [-0.39, 0.29) is 0 Å². The lowest BCUT2D eigenvalue weighted by Crippen LogP contribution is -2.09. The largest absolute Gasteiger partial charge is 0.105 e. The molecule has 0 bridgehead atoms. The van der Waals surface area contributed by atoms with Crippen molar-refractivity contribution in [2.45, 2.75) is 82.4 Å². The third-order valence-electron chi connectivity index (χ3n) is 7.04. The Hall–Kier alpha value is -1.50. The van der Waals surface area contributed by atoms with Gasteiger partial charge in [-0.3, -0.25) is 0 Å². The minimum atomic E-state index is 0.785. The maximum atomic E-state index is 2.46. The molecule has 0 unspecified atom stereocenters. The van der Waals surface area contributed by atoms with E-state index in [1.165, 1.54) is 74.5 Å². The minimum Gasteiger partial charge on any atom is -0.0697 e. The van der Waals surface area contributed by atoms with Gasteiger partial charge in [0.05, 0.1) is 0 Å². The molecule has 1 heteroatoms. The highest BCUT2D eigenvalue weighted by Crippen LogP contribution is 2.39. The molecular weight excluding hydrogens is 311 g/mol. The Morgan fingerprint density at radius 1 is 0.692 bits per heavy atom. The molecule has 2 aliphatic rings. The van der Waals surface area contributed by atoms with Crippen molar-refractivity contribution in [3.63, 3.8) is 0 Å². The Morgan fingerprint density at radius 3 is 1.96 bits per heavy atom. The van der Waals surface area contributed by atoms with Crippen LogP contribution in [0.2, 0.25) is 5.82 Å². The monoisotopic (exact) mass is 344 g/mol. The highest BCUT2D eigenvalue weighted by Gasteiger charge is 2.20. The van der Waals surface area contributed by atoms with Crippen molar-refractivity contribution in [3.05, 3.63) is 59.2 Å². The highest BCUT2D eigenvalue weighted by atomic mass is 14.2. The fourth-order valence-corrected chi connectivity index (χ4v) is 5.23. The maximum absolute atomic E-state index is 2.46. The van der Waals surface area contributed by atoms with E-state index < -0.39 is 0 Å². The van der Waals surface area contributed by atoms with Gasteiger partial charge in [0.2, 0.25) is 0 Å². The second kappa shape index (κ2) is 8.03. The van der Waals surface area contributed by atoms with E-state index >= 15 is 0 Å². The Labute approximate surface area is 160 Å². The van der Waals surface area contributed by atoms with Gasteiger partial charge in [-0.2, -0.15) is 0 Å². The van der Waals surface area contributed by atoms with Crippen LogP contribution in [0, 0.1) is 6.92 Å². The lowest BCUT2D eigenvalue weighted by Gasteiger charge is -2.27. The van der Waals surface area contributed by atoms with Gasteiger partial charge < -0.3 is 0 Å². The molecule has 0 aliphatic heterocycles. The summed E-state index contributed by atoms with van der Waals surface area (Å²) in [6.07, 6.45) is 12.5. The first-order valence-corrected chi connectivity index (χ1v) is 10.9. The van der Waals surface area contributed by atoms with Crippen LogP contribution in [-0.2, 0) is 0 Å². The molecule has 2 aromatic carbocycles. The molecule has 0 aromatic heterocycles. The third-order valence-corrected chi connectivity index (χ3v) is 7.04. The molecule has 0 spiro atoms. The SMILES string of the molecule is BC1CCC(c2ccc(-c3ccc(C4CCCCC4)cc3)c(C)c2)CC1. The van der Waals surface area contributed by atoms with Gasteiger partial charge in [-0.25, -0.2) is 0 Å². The van der Waals surface area contributed by atoms with Crippen LogP contribution in [0.5, 0.6) is 0 Å². The maximum Gasteiger partial charge on any atom is 0.105 e. The molecule has 2 fully saturated rings. The zero-order valence-electron chi connectivity index (χ0n) is 16.6. The summed E-state index contributed by atoms with van der Waals surface area (Å²) in [5.74, 6) is 2.51. The molecule has 0 saturated heterocycles. The van der Waals surface area contributed by atoms with E-state index in [1.807, 2.05) is 0 Å². The standard InChI is InChI=1S/C25H33B/c1-18-17-23(21-11-14-24(26)15-12-21)13-16-25(18)22-9-7-20(8-10-22)19-5-3-2-4-6-19/h7-10,13,16-17,19,21,24H,2-6,11-12,14-15,26H2,1H3. The Balaban J connectivity index is 1.50. The lowest BCUT2D eigenvalue weighted by atomic mass is 9.70. The van der Waals surface area contributed by atoms with Gasteiger partial charge in [0.25, 0.3) is 0 Å². The summed E-state index contributed by atoms with van der Waals surface area (Å²) in [6.45, 7) is 2.29. The molecule has 0 N–H and O–H groups in total. The van der Waals surface area contributed by atoms with Crippen LogP contribution in [0.1, 0.15) is 86.3 Å². The van der Waals surface area contributed by atoms with Gasteiger partial charge in [-0.05, 0) is 72.3 Å². The van der Waals surface area contributed by atoms with E-state index in [1.54, 1.807) is 11.1 Å². The topological polar surface area (TPSA) is 0 Å². The molecule has 0 atom stereocenters. The Bertz CT molecular complexity index is 716. The zero-order chi connectivity index (χ0) is 17.9. The number of hydrogen-bond donors (Lipinski definition) is 0. The van der Waals surface area contributed by atoms with Crippen molar-refractivity contribution in [3.8, 4) is 11.1 Å². The summed E-state index contributed by atoms with van der Waals surface area (Å²) in [5.41, 5.74) is 7.35. The van der Waals surface area contributed by atoms with Crippen LogP contribution < -0.4 is 0 Å². The Kier molecular flexibility index (Phi) is 5.53. The highest BCUT2D eigenvalue weighted by molar-refractivity contribution is 6.11. The average Bonchev–Trinajstić information content (AvgIpc) is 2.69. The molecule has 2 aliphatic carbocycles. The fourth-order valence-electron chi connectivity index (χ4n) is 5.23. The smallest absolute Gasteiger partial charge is 0.0697 e. The minimum absolute atomic E-state index is 0.785. The molecule has 0 heterocycles. The van der Waals surface area contributed by atoms with Crippen LogP contribution >= 0.6 is 0 Å². The van der Waals surface area contributed by atoms with Gasteiger partial charge in [0, 0.05) is 0 Å². The zero-order valence-corrected chi connectivity index (χ0v) is 16.6. The van der Waals surface area contributed by atoms with Gasteiger partial charge in [-0.15, -0.1) is 0 Å². The second-order valence-electron chi connectivity index (χ2n) is 8.99.